The predicted molar refractivity (Wildman–Crippen MR) is 102 cm³/mol. The molecule has 0 saturated carbocycles. The fourth-order valence-corrected chi connectivity index (χ4v) is 2.53. The van der Waals surface area contributed by atoms with Gasteiger partial charge < -0.3 is 15.5 Å². The Morgan fingerprint density at radius 3 is 2.29 bits per heavy atom. The molecule has 0 heterocycles. The van der Waals surface area contributed by atoms with E-state index in [1.165, 1.54) is 18.0 Å². The van der Waals surface area contributed by atoms with E-state index in [1.807, 2.05) is 19.1 Å². The molecule has 0 bridgehead atoms. The van der Waals surface area contributed by atoms with Crippen LogP contribution in [-0.2, 0) is 15.8 Å². The second-order valence-electron chi connectivity index (χ2n) is 6.21. The summed E-state index contributed by atoms with van der Waals surface area (Å²) in [4.78, 5) is 25.3. The van der Waals surface area contributed by atoms with Gasteiger partial charge in [0, 0.05) is 18.4 Å². The molecule has 2 aromatic carbocycles. The first-order chi connectivity index (χ1) is 13.1. The lowest BCUT2D eigenvalue weighted by Crippen LogP contribution is -2.38. The third-order valence-corrected chi connectivity index (χ3v) is 4.19. The van der Waals surface area contributed by atoms with Gasteiger partial charge in [0.05, 0.1) is 23.7 Å². The lowest BCUT2D eigenvalue weighted by Gasteiger charge is -2.18. The van der Waals surface area contributed by atoms with Gasteiger partial charge in [0.2, 0.25) is 11.8 Å². The maximum absolute atomic E-state index is 12.9. The predicted octanol–water partition coefficient (Wildman–Crippen LogP) is 4.18. The molecule has 0 unspecified atom stereocenters. The van der Waals surface area contributed by atoms with Crippen molar-refractivity contribution in [2.24, 2.45) is 0 Å². The van der Waals surface area contributed by atoms with Crippen LogP contribution < -0.4 is 10.6 Å². The number of alkyl halides is 3. The number of anilines is 2. The van der Waals surface area contributed by atoms with Crippen LogP contribution in [0.25, 0.3) is 0 Å². The fraction of sp³-hybridized carbons (Fsp3) is 0.263. The monoisotopic (exact) mass is 413 g/mol. The van der Waals surface area contributed by atoms with Crippen LogP contribution in [0.2, 0.25) is 5.02 Å². The van der Waals surface area contributed by atoms with Crippen LogP contribution in [0.1, 0.15) is 11.1 Å². The van der Waals surface area contributed by atoms with Crippen LogP contribution in [0, 0.1) is 6.92 Å². The largest absolute Gasteiger partial charge is 0.417 e. The molecule has 0 spiro atoms. The number of hydrogen-bond acceptors (Lipinski definition) is 3. The Morgan fingerprint density at radius 2 is 1.68 bits per heavy atom. The molecule has 0 saturated heterocycles. The molecular formula is C19H19ClF3N3O2. The number of likely N-dealkylation sites (N-methyl/N-ethyl adjacent to an activating group) is 1. The van der Waals surface area contributed by atoms with Gasteiger partial charge >= 0.3 is 6.18 Å². The summed E-state index contributed by atoms with van der Waals surface area (Å²) < 4.78 is 38.6. The van der Waals surface area contributed by atoms with Crippen LogP contribution in [0.15, 0.2) is 42.5 Å². The van der Waals surface area contributed by atoms with E-state index < -0.39 is 22.7 Å². The van der Waals surface area contributed by atoms with Crippen molar-refractivity contribution in [3.05, 3.63) is 58.6 Å². The fourth-order valence-electron chi connectivity index (χ4n) is 2.31. The lowest BCUT2D eigenvalue weighted by molar-refractivity contribution is -0.137. The minimum Gasteiger partial charge on any atom is -0.376 e. The maximum Gasteiger partial charge on any atom is 0.417 e. The third-order valence-electron chi connectivity index (χ3n) is 3.86. The molecule has 5 nitrogen and oxygen atoms in total. The smallest absolute Gasteiger partial charge is 0.376 e. The summed E-state index contributed by atoms with van der Waals surface area (Å²) in [6, 6.07) is 10.5. The molecule has 0 aromatic heterocycles. The van der Waals surface area contributed by atoms with Crippen LogP contribution >= 0.6 is 11.6 Å². The van der Waals surface area contributed by atoms with E-state index in [0.717, 1.165) is 17.7 Å². The number of rotatable bonds is 6. The highest BCUT2D eigenvalue weighted by Gasteiger charge is 2.33. The second-order valence-corrected chi connectivity index (χ2v) is 6.62. The molecule has 0 aliphatic rings. The number of aryl methyl sites for hydroxylation is 1. The van der Waals surface area contributed by atoms with Gasteiger partial charge in [-0.25, -0.2) is 0 Å². The highest BCUT2D eigenvalue weighted by atomic mass is 35.5. The van der Waals surface area contributed by atoms with E-state index in [0.29, 0.717) is 5.69 Å². The second kappa shape index (κ2) is 8.97. The van der Waals surface area contributed by atoms with E-state index in [-0.39, 0.29) is 24.7 Å². The Bertz CT molecular complexity index is 854. The summed E-state index contributed by atoms with van der Waals surface area (Å²) in [5, 5.41) is 4.86. The topological polar surface area (TPSA) is 61.4 Å². The normalized spacial score (nSPS) is 11.1. The highest BCUT2D eigenvalue weighted by Crippen LogP contribution is 2.36. The first-order valence-electron chi connectivity index (χ1n) is 8.27. The molecule has 0 aliphatic carbocycles. The molecule has 0 fully saturated rings. The molecule has 2 rings (SSSR count). The molecular weight excluding hydrogens is 395 g/mol. The van der Waals surface area contributed by atoms with Gasteiger partial charge in [0.25, 0.3) is 0 Å². The summed E-state index contributed by atoms with van der Waals surface area (Å²) in [6.45, 7) is 1.46. The molecule has 0 radical (unpaired) electrons. The van der Waals surface area contributed by atoms with E-state index in [2.05, 4.69) is 10.6 Å². The minimum absolute atomic E-state index is 0.0996. The van der Waals surface area contributed by atoms with Gasteiger partial charge in [-0.05, 0) is 37.3 Å². The SMILES string of the molecule is Cc1ccc(NC(=O)CN(C)C(=O)CNc2ccc(Cl)c(C(F)(F)F)c2)cc1. The molecule has 150 valence electrons. The number of benzene rings is 2. The first kappa shape index (κ1) is 21.6. The van der Waals surface area contributed by atoms with Crippen molar-refractivity contribution in [1.29, 1.82) is 0 Å². The van der Waals surface area contributed by atoms with Gasteiger partial charge in [-0.3, -0.25) is 9.59 Å². The zero-order valence-electron chi connectivity index (χ0n) is 15.2. The third kappa shape index (κ3) is 6.16. The zero-order chi connectivity index (χ0) is 20.9. The lowest BCUT2D eigenvalue weighted by atomic mass is 10.2. The van der Waals surface area contributed by atoms with Crippen molar-refractivity contribution in [2.75, 3.05) is 30.8 Å². The van der Waals surface area contributed by atoms with Crippen LogP contribution in [0.5, 0.6) is 0 Å². The van der Waals surface area contributed by atoms with Crippen molar-refractivity contribution in [1.82, 2.24) is 4.90 Å². The number of nitrogens with one attached hydrogen (secondary N) is 2. The van der Waals surface area contributed by atoms with E-state index in [1.54, 1.807) is 12.1 Å². The molecule has 2 amide bonds. The number of halogens is 4. The first-order valence-corrected chi connectivity index (χ1v) is 8.65. The van der Waals surface area contributed by atoms with E-state index >= 15 is 0 Å². The Morgan fingerprint density at radius 1 is 1.07 bits per heavy atom. The van der Waals surface area contributed by atoms with Crippen molar-refractivity contribution >= 4 is 34.8 Å². The van der Waals surface area contributed by atoms with Crippen molar-refractivity contribution in [3.8, 4) is 0 Å². The Balaban J connectivity index is 1.88. The van der Waals surface area contributed by atoms with Crippen molar-refractivity contribution in [3.63, 3.8) is 0 Å². The Kier molecular flexibility index (Phi) is 6.90. The van der Waals surface area contributed by atoms with Gasteiger partial charge in [-0.2, -0.15) is 13.2 Å². The average Bonchev–Trinajstić information content (AvgIpc) is 2.61. The van der Waals surface area contributed by atoms with Gasteiger partial charge in [-0.15, -0.1) is 0 Å². The van der Waals surface area contributed by atoms with E-state index in [4.69, 9.17) is 11.6 Å². The van der Waals surface area contributed by atoms with Gasteiger partial charge in [0.15, 0.2) is 0 Å². The summed E-state index contributed by atoms with van der Waals surface area (Å²) in [5.74, 6) is -0.840. The van der Waals surface area contributed by atoms with Gasteiger partial charge in [0.1, 0.15) is 0 Å². The van der Waals surface area contributed by atoms with Crippen LogP contribution in [0.3, 0.4) is 0 Å². The Hall–Kier alpha value is -2.74. The number of carbonyl (C=O) groups is 2. The van der Waals surface area contributed by atoms with Crippen molar-refractivity contribution in [2.45, 2.75) is 13.1 Å². The molecule has 9 heteroatoms. The molecule has 2 N–H and O–H groups in total. The number of hydrogen-bond donors (Lipinski definition) is 2. The number of carbonyl (C=O) groups excluding carboxylic acids is 2. The zero-order valence-corrected chi connectivity index (χ0v) is 16.0. The Labute approximate surface area is 165 Å². The molecule has 28 heavy (non-hydrogen) atoms. The van der Waals surface area contributed by atoms with Crippen LogP contribution in [0.4, 0.5) is 24.5 Å². The number of amides is 2. The molecule has 2 aromatic rings. The standard InChI is InChI=1S/C19H19ClF3N3O2/c1-12-3-5-13(6-4-12)25-17(27)11-26(2)18(28)10-24-14-7-8-16(20)15(9-14)19(21,22)23/h3-9,24H,10-11H2,1-2H3,(H,25,27). The summed E-state index contributed by atoms with van der Waals surface area (Å²) in [6.07, 6.45) is -4.59. The van der Waals surface area contributed by atoms with Crippen molar-refractivity contribution < 1.29 is 22.8 Å². The molecule has 0 atom stereocenters. The van der Waals surface area contributed by atoms with Gasteiger partial charge in [-0.1, -0.05) is 29.3 Å². The summed E-state index contributed by atoms with van der Waals surface area (Å²) >= 11 is 5.56. The quantitative estimate of drug-likeness (QED) is 0.747. The van der Waals surface area contributed by atoms with E-state index in [9.17, 15) is 22.8 Å². The maximum atomic E-state index is 12.9. The average molecular weight is 414 g/mol. The van der Waals surface area contributed by atoms with Crippen LogP contribution in [-0.4, -0.2) is 36.9 Å². The summed E-state index contributed by atoms with van der Waals surface area (Å²) in [7, 11) is 1.43. The summed E-state index contributed by atoms with van der Waals surface area (Å²) in [5.41, 5.74) is 0.766. The molecule has 0 aliphatic heterocycles. The minimum atomic E-state index is -4.59. The highest BCUT2D eigenvalue weighted by molar-refractivity contribution is 6.31. The number of nitrogens with zero attached hydrogens (tertiary/aromatic N) is 1.